The number of aromatic nitrogens is 3. The first-order valence-electron chi connectivity index (χ1n) is 9.14. The van der Waals surface area contributed by atoms with Crippen LogP contribution in [0.4, 0.5) is 0 Å². The minimum atomic E-state index is -0.135. The molecular weight excluding hydrogens is 364 g/mol. The molecule has 2 aromatic heterocycles. The van der Waals surface area contributed by atoms with Crippen LogP contribution in [0, 0.1) is 6.92 Å². The molecule has 1 aromatic carbocycles. The predicted molar refractivity (Wildman–Crippen MR) is 104 cm³/mol. The molecule has 7 nitrogen and oxygen atoms in total. The zero-order chi connectivity index (χ0) is 19.0. The van der Waals surface area contributed by atoms with Crippen LogP contribution in [-0.2, 0) is 0 Å². The van der Waals surface area contributed by atoms with Crippen molar-refractivity contribution < 1.29 is 14.6 Å². The molecule has 144 valence electrons. The van der Waals surface area contributed by atoms with Crippen molar-refractivity contribution in [2.75, 3.05) is 27.3 Å². The Kier molecular flexibility index (Phi) is 4.92. The van der Waals surface area contributed by atoms with Crippen molar-refractivity contribution >= 4 is 16.3 Å². The third-order valence-corrected chi connectivity index (χ3v) is 6.11. The quantitative estimate of drug-likeness (QED) is 0.722. The van der Waals surface area contributed by atoms with E-state index >= 15 is 0 Å². The second-order valence-electron chi connectivity index (χ2n) is 6.73. The summed E-state index contributed by atoms with van der Waals surface area (Å²) in [6.45, 7) is 3.76. The summed E-state index contributed by atoms with van der Waals surface area (Å²) >= 11 is 1.48. The van der Waals surface area contributed by atoms with Crippen molar-refractivity contribution in [1.82, 2.24) is 19.5 Å². The SMILES string of the molecule is COc1cccc([C@@H](c2sc3nc(C)nn3c2O)N2CCCCC2)c1OC. The highest BCUT2D eigenvalue weighted by Crippen LogP contribution is 2.45. The molecule has 1 aliphatic rings. The molecule has 1 aliphatic heterocycles. The van der Waals surface area contributed by atoms with Crippen molar-refractivity contribution in [3.05, 3.63) is 34.5 Å². The molecular formula is C19H24N4O3S. The van der Waals surface area contributed by atoms with Crippen molar-refractivity contribution in [2.45, 2.75) is 32.2 Å². The third kappa shape index (κ3) is 3.12. The zero-order valence-electron chi connectivity index (χ0n) is 15.8. The number of rotatable bonds is 5. The van der Waals surface area contributed by atoms with E-state index in [-0.39, 0.29) is 11.9 Å². The molecule has 0 radical (unpaired) electrons. The van der Waals surface area contributed by atoms with E-state index in [2.05, 4.69) is 15.0 Å². The van der Waals surface area contributed by atoms with Gasteiger partial charge >= 0.3 is 0 Å². The molecule has 0 bridgehead atoms. The van der Waals surface area contributed by atoms with Gasteiger partial charge in [0.25, 0.3) is 0 Å². The molecule has 3 heterocycles. The Morgan fingerprint density at radius 1 is 1.15 bits per heavy atom. The highest BCUT2D eigenvalue weighted by molar-refractivity contribution is 7.17. The number of likely N-dealkylation sites (tertiary alicyclic amines) is 1. The van der Waals surface area contributed by atoms with Crippen LogP contribution in [0.5, 0.6) is 17.4 Å². The Labute approximate surface area is 162 Å². The van der Waals surface area contributed by atoms with E-state index in [1.165, 1.54) is 22.3 Å². The summed E-state index contributed by atoms with van der Waals surface area (Å²) in [6, 6.07) is 5.76. The number of piperidine rings is 1. The lowest BCUT2D eigenvalue weighted by atomic mass is 9.99. The molecule has 1 atom stereocenters. The van der Waals surface area contributed by atoms with Crippen molar-refractivity contribution in [3.8, 4) is 17.4 Å². The lowest BCUT2D eigenvalue weighted by molar-refractivity contribution is 0.183. The third-order valence-electron chi connectivity index (χ3n) is 5.04. The summed E-state index contributed by atoms with van der Waals surface area (Å²) in [7, 11) is 3.29. The standard InChI is InChI=1S/C19H24N4O3S/c1-12-20-19-23(21-12)18(24)17(27-19)15(22-10-5-4-6-11-22)13-8-7-9-14(25-2)16(13)26-3/h7-9,15,24H,4-6,10-11H2,1-3H3/t15-/m0/s1. The summed E-state index contributed by atoms with van der Waals surface area (Å²) in [5, 5.41) is 15.2. The van der Waals surface area contributed by atoms with Gasteiger partial charge in [0, 0.05) is 5.56 Å². The number of ether oxygens (including phenoxy) is 2. The van der Waals surface area contributed by atoms with E-state index in [1.54, 1.807) is 14.2 Å². The maximum atomic E-state index is 10.9. The first-order valence-corrected chi connectivity index (χ1v) is 9.95. The molecule has 1 saturated heterocycles. The molecule has 8 heteroatoms. The maximum Gasteiger partial charge on any atom is 0.230 e. The Morgan fingerprint density at radius 2 is 1.93 bits per heavy atom. The molecule has 1 N–H and O–H groups in total. The van der Waals surface area contributed by atoms with Gasteiger partial charge in [0.05, 0.1) is 25.1 Å². The second kappa shape index (κ2) is 7.36. The van der Waals surface area contributed by atoms with E-state index in [1.807, 2.05) is 25.1 Å². The Bertz CT molecular complexity index is 946. The number of nitrogens with zero attached hydrogens (tertiary/aromatic N) is 4. The molecule has 0 unspecified atom stereocenters. The Balaban J connectivity index is 1.89. The highest BCUT2D eigenvalue weighted by Gasteiger charge is 2.33. The summed E-state index contributed by atoms with van der Waals surface area (Å²) in [5.74, 6) is 2.18. The largest absolute Gasteiger partial charge is 0.493 e. The topological polar surface area (TPSA) is 72.1 Å². The van der Waals surface area contributed by atoms with Crippen LogP contribution >= 0.6 is 11.3 Å². The minimum Gasteiger partial charge on any atom is -0.493 e. The predicted octanol–water partition coefficient (Wildman–Crippen LogP) is 3.40. The first-order chi connectivity index (χ1) is 13.1. The first kappa shape index (κ1) is 18.1. The summed E-state index contributed by atoms with van der Waals surface area (Å²) in [6.07, 6.45) is 3.52. The normalized spacial score (nSPS) is 16.6. The van der Waals surface area contributed by atoms with Crippen LogP contribution in [0.2, 0.25) is 0 Å². The fourth-order valence-corrected chi connectivity index (χ4v) is 4.99. The van der Waals surface area contributed by atoms with E-state index < -0.39 is 0 Å². The zero-order valence-corrected chi connectivity index (χ0v) is 16.6. The number of aromatic hydroxyl groups is 1. The fraction of sp³-hybridized carbons (Fsp3) is 0.474. The van der Waals surface area contributed by atoms with Gasteiger partial charge in [0.1, 0.15) is 5.82 Å². The molecule has 1 fully saturated rings. The molecule has 0 saturated carbocycles. The Morgan fingerprint density at radius 3 is 2.59 bits per heavy atom. The van der Waals surface area contributed by atoms with Crippen LogP contribution < -0.4 is 9.47 Å². The van der Waals surface area contributed by atoms with Crippen LogP contribution in [0.3, 0.4) is 0 Å². The molecule has 0 spiro atoms. The van der Waals surface area contributed by atoms with Crippen molar-refractivity contribution in [1.29, 1.82) is 0 Å². The monoisotopic (exact) mass is 388 g/mol. The number of aryl methyl sites for hydroxylation is 1. The number of benzene rings is 1. The van der Waals surface area contributed by atoms with Gasteiger partial charge in [-0.2, -0.15) is 4.52 Å². The second-order valence-corrected chi connectivity index (χ2v) is 7.73. The van der Waals surface area contributed by atoms with Gasteiger partial charge < -0.3 is 14.6 Å². The lowest BCUT2D eigenvalue weighted by Crippen LogP contribution is -2.34. The summed E-state index contributed by atoms with van der Waals surface area (Å²) in [5.41, 5.74) is 0.982. The van der Waals surface area contributed by atoms with Gasteiger partial charge in [-0.15, -0.1) is 5.10 Å². The molecule has 3 aromatic rings. The van der Waals surface area contributed by atoms with E-state index in [0.29, 0.717) is 22.3 Å². The number of methoxy groups -OCH3 is 2. The molecule has 0 aliphatic carbocycles. The lowest BCUT2D eigenvalue weighted by Gasteiger charge is -2.35. The van der Waals surface area contributed by atoms with Gasteiger partial charge in [0.2, 0.25) is 10.8 Å². The van der Waals surface area contributed by atoms with Crippen LogP contribution in [-0.4, -0.2) is 51.9 Å². The number of thiazole rings is 1. The number of fused-ring (bicyclic) bond motifs is 1. The molecule has 0 amide bonds. The summed E-state index contributed by atoms with van der Waals surface area (Å²) in [4.78, 5) is 8.36. The number of hydrogen-bond donors (Lipinski definition) is 1. The van der Waals surface area contributed by atoms with Gasteiger partial charge in [0.15, 0.2) is 11.5 Å². The van der Waals surface area contributed by atoms with Crippen molar-refractivity contribution in [3.63, 3.8) is 0 Å². The van der Waals surface area contributed by atoms with Gasteiger partial charge in [-0.25, -0.2) is 4.98 Å². The van der Waals surface area contributed by atoms with E-state index in [4.69, 9.17) is 9.47 Å². The molecule has 4 rings (SSSR count). The van der Waals surface area contributed by atoms with Gasteiger partial charge in [-0.1, -0.05) is 29.9 Å². The minimum absolute atomic E-state index is 0.135. The van der Waals surface area contributed by atoms with E-state index in [9.17, 15) is 5.11 Å². The highest BCUT2D eigenvalue weighted by atomic mass is 32.1. The van der Waals surface area contributed by atoms with E-state index in [0.717, 1.165) is 36.4 Å². The number of para-hydroxylation sites is 1. The van der Waals surface area contributed by atoms with Gasteiger partial charge in [-0.05, 0) is 38.9 Å². The van der Waals surface area contributed by atoms with Crippen LogP contribution in [0.15, 0.2) is 18.2 Å². The average molecular weight is 388 g/mol. The summed E-state index contributed by atoms with van der Waals surface area (Å²) < 4.78 is 12.7. The van der Waals surface area contributed by atoms with Crippen LogP contribution in [0.25, 0.3) is 4.96 Å². The van der Waals surface area contributed by atoms with Crippen LogP contribution in [0.1, 0.15) is 41.6 Å². The molecule has 27 heavy (non-hydrogen) atoms. The number of hydrogen-bond acceptors (Lipinski definition) is 7. The fourth-order valence-electron chi connectivity index (χ4n) is 3.83. The Hall–Kier alpha value is -2.32. The van der Waals surface area contributed by atoms with Gasteiger partial charge in [-0.3, -0.25) is 4.90 Å². The average Bonchev–Trinajstić information content (AvgIpc) is 3.20. The maximum absolute atomic E-state index is 10.9. The van der Waals surface area contributed by atoms with Crippen molar-refractivity contribution in [2.24, 2.45) is 0 Å². The smallest absolute Gasteiger partial charge is 0.230 e.